The third-order valence-electron chi connectivity index (χ3n) is 2.66. The van der Waals surface area contributed by atoms with Gasteiger partial charge in [-0.25, -0.2) is 0 Å². The van der Waals surface area contributed by atoms with E-state index in [2.05, 4.69) is 21.2 Å². The molecule has 5 heteroatoms. The Morgan fingerprint density at radius 1 is 1.20 bits per heavy atom. The van der Waals surface area contributed by atoms with Gasteiger partial charge >= 0.3 is 0 Å². The van der Waals surface area contributed by atoms with Crippen molar-refractivity contribution in [3.05, 3.63) is 58.6 Å². The number of amides is 1. The molecule has 0 bridgehead atoms. The van der Waals surface area contributed by atoms with Crippen molar-refractivity contribution >= 4 is 27.5 Å². The molecule has 1 amide bonds. The lowest BCUT2D eigenvalue weighted by Crippen LogP contribution is -2.28. The molecule has 0 atom stereocenters. The normalized spacial score (nSPS) is 10.1. The van der Waals surface area contributed by atoms with E-state index in [9.17, 15) is 4.79 Å². The average molecular weight is 335 g/mol. The number of rotatable bonds is 5. The predicted molar refractivity (Wildman–Crippen MR) is 82.8 cm³/mol. The molecule has 0 saturated heterocycles. The summed E-state index contributed by atoms with van der Waals surface area (Å²) in [5.41, 5.74) is 6.81. The van der Waals surface area contributed by atoms with Gasteiger partial charge in [-0.3, -0.25) is 4.79 Å². The Bertz CT molecular complexity index is 588. The highest BCUT2D eigenvalue weighted by Gasteiger charge is 2.06. The topological polar surface area (TPSA) is 64.4 Å². The molecule has 0 aromatic heterocycles. The molecule has 104 valence electrons. The highest BCUT2D eigenvalue weighted by atomic mass is 79.9. The van der Waals surface area contributed by atoms with Crippen LogP contribution in [0, 0.1) is 0 Å². The Kier molecular flexibility index (Phi) is 5.01. The number of ether oxygens (including phenoxy) is 1. The fraction of sp³-hybridized carbons (Fsp3) is 0.133. The van der Waals surface area contributed by atoms with Crippen LogP contribution in [-0.2, 0) is 0 Å². The molecule has 3 N–H and O–H groups in total. The van der Waals surface area contributed by atoms with Crippen LogP contribution in [0.25, 0.3) is 0 Å². The third-order valence-corrected chi connectivity index (χ3v) is 3.38. The van der Waals surface area contributed by atoms with Gasteiger partial charge in [0.05, 0.1) is 6.54 Å². The zero-order valence-corrected chi connectivity index (χ0v) is 12.4. The lowest BCUT2D eigenvalue weighted by atomic mass is 10.2. The molecule has 2 rings (SSSR count). The first-order valence-corrected chi connectivity index (χ1v) is 6.97. The van der Waals surface area contributed by atoms with Crippen molar-refractivity contribution in [3.63, 3.8) is 0 Å². The quantitative estimate of drug-likeness (QED) is 0.652. The van der Waals surface area contributed by atoms with E-state index in [1.54, 1.807) is 18.2 Å². The number of hydrogen-bond acceptors (Lipinski definition) is 3. The van der Waals surface area contributed by atoms with E-state index in [-0.39, 0.29) is 5.91 Å². The molecule has 0 aliphatic carbocycles. The first-order chi connectivity index (χ1) is 9.66. The van der Waals surface area contributed by atoms with Gasteiger partial charge in [0.25, 0.3) is 5.91 Å². The second kappa shape index (κ2) is 6.96. The molecule has 2 aromatic carbocycles. The number of nitrogens with two attached hydrogens (primary N) is 1. The second-order valence-corrected chi connectivity index (χ2v) is 5.01. The standard InChI is InChI=1S/C15H15BrN2O2/c16-13-7-6-11(10-14(13)17)15(19)18-8-9-20-12-4-2-1-3-5-12/h1-7,10H,8-9,17H2,(H,18,19). The van der Waals surface area contributed by atoms with Crippen LogP contribution >= 0.6 is 15.9 Å². The Hall–Kier alpha value is -2.01. The highest BCUT2D eigenvalue weighted by Crippen LogP contribution is 2.20. The number of para-hydroxylation sites is 1. The Morgan fingerprint density at radius 2 is 1.95 bits per heavy atom. The van der Waals surface area contributed by atoms with Crippen molar-refractivity contribution in [2.45, 2.75) is 0 Å². The summed E-state index contributed by atoms with van der Waals surface area (Å²) < 4.78 is 6.27. The van der Waals surface area contributed by atoms with Crippen molar-refractivity contribution < 1.29 is 9.53 Å². The largest absolute Gasteiger partial charge is 0.492 e. The minimum Gasteiger partial charge on any atom is -0.492 e. The van der Waals surface area contributed by atoms with E-state index in [0.29, 0.717) is 24.4 Å². The molecule has 0 spiro atoms. The molecule has 0 heterocycles. The molecule has 0 aliphatic heterocycles. The predicted octanol–water partition coefficient (Wildman–Crippen LogP) is 2.84. The fourth-order valence-corrected chi connectivity index (χ4v) is 1.88. The maximum absolute atomic E-state index is 11.9. The molecule has 0 saturated carbocycles. The summed E-state index contributed by atoms with van der Waals surface area (Å²) in [6.07, 6.45) is 0. The number of nitrogens with one attached hydrogen (secondary N) is 1. The van der Waals surface area contributed by atoms with Crippen LogP contribution < -0.4 is 15.8 Å². The zero-order valence-electron chi connectivity index (χ0n) is 10.8. The summed E-state index contributed by atoms with van der Waals surface area (Å²) in [5, 5.41) is 2.78. The molecular formula is C15H15BrN2O2. The van der Waals surface area contributed by atoms with Crippen molar-refractivity contribution in [1.29, 1.82) is 0 Å². The van der Waals surface area contributed by atoms with Gasteiger partial charge in [-0.15, -0.1) is 0 Å². The summed E-state index contributed by atoms with van der Waals surface area (Å²) in [5.74, 6) is 0.621. The minimum absolute atomic E-state index is 0.166. The molecule has 4 nitrogen and oxygen atoms in total. The number of benzene rings is 2. The Morgan fingerprint density at radius 3 is 2.65 bits per heavy atom. The van der Waals surface area contributed by atoms with Gasteiger partial charge in [-0.2, -0.15) is 0 Å². The summed E-state index contributed by atoms with van der Waals surface area (Å²) >= 11 is 3.29. The van der Waals surface area contributed by atoms with E-state index in [1.807, 2.05) is 30.3 Å². The summed E-state index contributed by atoms with van der Waals surface area (Å²) in [7, 11) is 0. The van der Waals surface area contributed by atoms with Gasteiger partial charge in [0.15, 0.2) is 0 Å². The lowest BCUT2D eigenvalue weighted by molar-refractivity contribution is 0.0947. The van der Waals surface area contributed by atoms with Crippen LogP contribution in [0.2, 0.25) is 0 Å². The van der Waals surface area contributed by atoms with Gasteiger partial charge in [0.2, 0.25) is 0 Å². The monoisotopic (exact) mass is 334 g/mol. The molecule has 20 heavy (non-hydrogen) atoms. The highest BCUT2D eigenvalue weighted by molar-refractivity contribution is 9.10. The zero-order chi connectivity index (χ0) is 14.4. The first kappa shape index (κ1) is 14.4. The smallest absolute Gasteiger partial charge is 0.251 e. The molecule has 0 unspecified atom stereocenters. The second-order valence-electron chi connectivity index (χ2n) is 4.15. The number of carbonyl (C=O) groups excluding carboxylic acids is 1. The van der Waals surface area contributed by atoms with E-state index in [4.69, 9.17) is 10.5 Å². The summed E-state index contributed by atoms with van der Waals surface area (Å²) in [6, 6.07) is 14.6. The average Bonchev–Trinajstić information content (AvgIpc) is 2.47. The fourth-order valence-electron chi connectivity index (χ4n) is 1.64. The van der Waals surface area contributed by atoms with Gasteiger partial charge in [0, 0.05) is 15.7 Å². The molecule has 0 radical (unpaired) electrons. The molecule has 0 aliphatic rings. The van der Waals surface area contributed by atoms with E-state index >= 15 is 0 Å². The SMILES string of the molecule is Nc1cc(C(=O)NCCOc2ccccc2)ccc1Br. The lowest BCUT2D eigenvalue weighted by Gasteiger charge is -2.08. The van der Waals surface area contributed by atoms with Gasteiger partial charge in [-0.1, -0.05) is 18.2 Å². The number of hydrogen-bond donors (Lipinski definition) is 2. The van der Waals surface area contributed by atoms with Crippen molar-refractivity contribution in [2.24, 2.45) is 0 Å². The molecule has 2 aromatic rings. The van der Waals surface area contributed by atoms with Gasteiger partial charge in [-0.05, 0) is 46.3 Å². The van der Waals surface area contributed by atoms with Gasteiger partial charge < -0.3 is 15.8 Å². The molecule has 0 fully saturated rings. The Balaban J connectivity index is 1.79. The number of anilines is 1. The van der Waals surface area contributed by atoms with E-state index < -0.39 is 0 Å². The number of carbonyl (C=O) groups is 1. The van der Waals surface area contributed by atoms with Crippen LogP contribution in [0.4, 0.5) is 5.69 Å². The first-order valence-electron chi connectivity index (χ1n) is 6.18. The third kappa shape index (κ3) is 3.99. The molecular weight excluding hydrogens is 320 g/mol. The summed E-state index contributed by atoms with van der Waals surface area (Å²) in [4.78, 5) is 11.9. The van der Waals surface area contributed by atoms with Crippen LogP contribution in [-0.4, -0.2) is 19.1 Å². The van der Waals surface area contributed by atoms with E-state index in [1.165, 1.54) is 0 Å². The van der Waals surface area contributed by atoms with Crippen LogP contribution in [0.15, 0.2) is 53.0 Å². The van der Waals surface area contributed by atoms with Crippen LogP contribution in [0.5, 0.6) is 5.75 Å². The minimum atomic E-state index is -0.166. The maximum atomic E-state index is 11.9. The summed E-state index contributed by atoms with van der Waals surface area (Å²) in [6.45, 7) is 0.853. The Labute approximate surface area is 126 Å². The number of halogens is 1. The number of nitrogen functional groups attached to an aromatic ring is 1. The van der Waals surface area contributed by atoms with Gasteiger partial charge in [0.1, 0.15) is 12.4 Å². The van der Waals surface area contributed by atoms with Crippen molar-refractivity contribution in [2.75, 3.05) is 18.9 Å². The van der Waals surface area contributed by atoms with Crippen molar-refractivity contribution in [1.82, 2.24) is 5.32 Å². The van der Waals surface area contributed by atoms with Crippen LogP contribution in [0.3, 0.4) is 0 Å². The van der Waals surface area contributed by atoms with Crippen molar-refractivity contribution in [3.8, 4) is 5.75 Å². The van der Waals surface area contributed by atoms with Crippen LogP contribution in [0.1, 0.15) is 10.4 Å². The van der Waals surface area contributed by atoms with E-state index in [0.717, 1.165) is 10.2 Å². The maximum Gasteiger partial charge on any atom is 0.251 e.